The Kier molecular flexibility index (Phi) is 3.78. The SMILES string of the molecule is O=C(C1CCCNC1)N1CCCC1c1ccncc1. The molecule has 1 aromatic heterocycles. The average molecular weight is 259 g/mol. The molecular formula is C15H21N3O. The van der Waals surface area contributed by atoms with Gasteiger partial charge in [0.05, 0.1) is 12.0 Å². The zero-order valence-electron chi connectivity index (χ0n) is 11.2. The first-order chi connectivity index (χ1) is 9.36. The molecule has 2 saturated heterocycles. The van der Waals surface area contributed by atoms with Crippen LogP contribution in [0.25, 0.3) is 0 Å². The second kappa shape index (κ2) is 5.70. The molecule has 0 bridgehead atoms. The van der Waals surface area contributed by atoms with Crippen molar-refractivity contribution in [3.05, 3.63) is 30.1 Å². The summed E-state index contributed by atoms with van der Waals surface area (Å²) in [4.78, 5) is 18.8. The number of nitrogens with zero attached hydrogens (tertiary/aromatic N) is 2. The third-order valence-corrected chi connectivity index (χ3v) is 4.27. The Hall–Kier alpha value is -1.42. The second-order valence-electron chi connectivity index (χ2n) is 5.51. The molecule has 2 atom stereocenters. The molecule has 2 unspecified atom stereocenters. The highest BCUT2D eigenvalue weighted by molar-refractivity contribution is 5.80. The monoisotopic (exact) mass is 259 g/mol. The predicted octanol–water partition coefficient (Wildman–Crippen LogP) is 1.74. The van der Waals surface area contributed by atoms with Gasteiger partial charge in [0.15, 0.2) is 0 Å². The second-order valence-corrected chi connectivity index (χ2v) is 5.51. The molecule has 1 amide bonds. The maximum absolute atomic E-state index is 12.7. The first kappa shape index (κ1) is 12.6. The third-order valence-electron chi connectivity index (χ3n) is 4.27. The fraction of sp³-hybridized carbons (Fsp3) is 0.600. The molecule has 1 aromatic rings. The molecule has 0 radical (unpaired) electrons. The summed E-state index contributed by atoms with van der Waals surface area (Å²) in [6.45, 7) is 2.80. The van der Waals surface area contributed by atoms with Crippen molar-refractivity contribution >= 4 is 5.91 Å². The van der Waals surface area contributed by atoms with E-state index < -0.39 is 0 Å². The van der Waals surface area contributed by atoms with Crippen LogP contribution in [0.3, 0.4) is 0 Å². The minimum absolute atomic E-state index is 0.177. The van der Waals surface area contributed by atoms with E-state index in [1.807, 2.05) is 24.5 Å². The van der Waals surface area contributed by atoms with Gasteiger partial charge in [0, 0.05) is 25.5 Å². The topological polar surface area (TPSA) is 45.2 Å². The van der Waals surface area contributed by atoms with Crippen LogP contribution in [0, 0.1) is 5.92 Å². The number of pyridine rings is 1. The Bertz CT molecular complexity index is 428. The van der Waals surface area contributed by atoms with Crippen LogP contribution in [-0.2, 0) is 4.79 Å². The highest BCUT2D eigenvalue weighted by Crippen LogP contribution is 2.33. The van der Waals surface area contributed by atoms with E-state index in [-0.39, 0.29) is 12.0 Å². The Morgan fingerprint density at radius 1 is 1.26 bits per heavy atom. The van der Waals surface area contributed by atoms with Crippen LogP contribution in [0.2, 0.25) is 0 Å². The van der Waals surface area contributed by atoms with Crippen LogP contribution < -0.4 is 5.32 Å². The summed E-state index contributed by atoms with van der Waals surface area (Å²) in [6.07, 6.45) is 7.97. The predicted molar refractivity (Wildman–Crippen MR) is 73.5 cm³/mol. The van der Waals surface area contributed by atoms with Crippen LogP contribution in [-0.4, -0.2) is 35.4 Å². The van der Waals surface area contributed by atoms with Crippen LogP contribution in [0.1, 0.15) is 37.3 Å². The maximum atomic E-state index is 12.7. The van der Waals surface area contributed by atoms with Gasteiger partial charge in [-0.1, -0.05) is 0 Å². The largest absolute Gasteiger partial charge is 0.335 e. The number of likely N-dealkylation sites (tertiary alicyclic amines) is 1. The lowest BCUT2D eigenvalue weighted by Crippen LogP contribution is -2.42. The highest BCUT2D eigenvalue weighted by Gasteiger charge is 2.34. The molecule has 19 heavy (non-hydrogen) atoms. The first-order valence-electron chi connectivity index (χ1n) is 7.27. The summed E-state index contributed by atoms with van der Waals surface area (Å²) in [5.74, 6) is 0.516. The lowest BCUT2D eigenvalue weighted by Gasteiger charge is -2.31. The first-order valence-corrected chi connectivity index (χ1v) is 7.27. The normalized spacial score (nSPS) is 27.5. The number of carbonyl (C=O) groups is 1. The Balaban J connectivity index is 1.74. The van der Waals surface area contributed by atoms with E-state index in [2.05, 4.69) is 15.2 Å². The number of carbonyl (C=O) groups excluding carboxylic acids is 1. The molecule has 4 nitrogen and oxygen atoms in total. The molecule has 102 valence electrons. The van der Waals surface area contributed by atoms with Gasteiger partial charge in [0.25, 0.3) is 0 Å². The molecule has 3 heterocycles. The fourth-order valence-corrected chi connectivity index (χ4v) is 3.26. The van der Waals surface area contributed by atoms with Crippen LogP contribution in [0.5, 0.6) is 0 Å². The van der Waals surface area contributed by atoms with Gasteiger partial charge < -0.3 is 10.2 Å². The molecule has 0 aromatic carbocycles. The molecule has 2 aliphatic rings. The molecule has 4 heteroatoms. The van der Waals surface area contributed by atoms with E-state index >= 15 is 0 Å². The summed E-state index contributed by atoms with van der Waals surface area (Å²) < 4.78 is 0. The van der Waals surface area contributed by atoms with Crippen LogP contribution in [0.15, 0.2) is 24.5 Å². The summed E-state index contributed by atoms with van der Waals surface area (Å²) in [7, 11) is 0. The van der Waals surface area contributed by atoms with Crippen LogP contribution >= 0.6 is 0 Å². The van der Waals surface area contributed by atoms with Crippen molar-refractivity contribution in [2.75, 3.05) is 19.6 Å². The van der Waals surface area contributed by atoms with E-state index in [1.165, 1.54) is 5.56 Å². The molecule has 2 aliphatic heterocycles. The van der Waals surface area contributed by atoms with E-state index in [0.29, 0.717) is 5.91 Å². The molecule has 0 saturated carbocycles. The van der Waals surface area contributed by atoms with E-state index in [9.17, 15) is 4.79 Å². The third kappa shape index (κ3) is 2.63. The highest BCUT2D eigenvalue weighted by atomic mass is 16.2. The summed E-state index contributed by atoms with van der Waals surface area (Å²) in [5, 5.41) is 3.34. The van der Waals surface area contributed by atoms with Crippen molar-refractivity contribution in [2.45, 2.75) is 31.7 Å². The van der Waals surface area contributed by atoms with Gasteiger partial charge in [0.1, 0.15) is 0 Å². The smallest absolute Gasteiger partial charge is 0.227 e. The summed E-state index contributed by atoms with van der Waals surface area (Å²) in [5.41, 5.74) is 1.23. The molecule has 0 aliphatic carbocycles. The number of nitrogens with one attached hydrogen (secondary N) is 1. The minimum Gasteiger partial charge on any atom is -0.335 e. The van der Waals surface area contributed by atoms with E-state index in [0.717, 1.165) is 45.3 Å². The number of amides is 1. The maximum Gasteiger partial charge on any atom is 0.227 e. The lowest BCUT2D eigenvalue weighted by molar-refractivity contribution is -0.137. The average Bonchev–Trinajstić information content (AvgIpc) is 2.98. The molecular weight excluding hydrogens is 238 g/mol. The van der Waals surface area contributed by atoms with Crippen molar-refractivity contribution in [1.29, 1.82) is 0 Å². The van der Waals surface area contributed by atoms with Gasteiger partial charge in [-0.15, -0.1) is 0 Å². The van der Waals surface area contributed by atoms with Gasteiger partial charge in [-0.25, -0.2) is 0 Å². The number of piperidine rings is 1. The number of hydrogen-bond acceptors (Lipinski definition) is 3. The Morgan fingerprint density at radius 3 is 2.84 bits per heavy atom. The fourth-order valence-electron chi connectivity index (χ4n) is 3.26. The number of aromatic nitrogens is 1. The lowest BCUT2D eigenvalue weighted by atomic mass is 9.97. The standard InChI is InChI=1S/C15H21N3O/c19-15(13-3-1-7-17-11-13)18-10-2-4-14(18)12-5-8-16-9-6-12/h5-6,8-9,13-14,17H,1-4,7,10-11H2. The van der Waals surface area contributed by atoms with Gasteiger partial charge in [-0.05, 0) is 49.9 Å². The van der Waals surface area contributed by atoms with Gasteiger partial charge in [-0.2, -0.15) is 0 Å². The van der Waals surface area contributed by atoms with Crippen molar-refractivity contribution in [3.63, 3.8) is 0 Å². The summed E-state index contributed by atoms with van der Waals surface area (Å²) >= 11 is 0. The number of rotatable bonds is 2. The number of hydrogen-bond donors (Lipinski definition) is 1. The Labute approximate surface area is 114 Å². The van der Waals surface area contributed by atoms with Gasteiger partial charge in [0.2, 0.25) is 5.91 Å². The zero-order valence-corrected chi connectivity index (χ0v) is 11.2. The van der Waals surface area contributed by atoms with Crippen molar-refractivity contribution < 1.29 is 4.79 Å². The minimum atomic E-state index is 0.177. The molecule has 1 N–H and O–H groups in total. The van der Waals surface area contributed by atoms with Crippen molar-refractivity contribution in [1.82, 2.24) is 15.2 Å². The van der Waals surface area contributed by atoms with Crippen molar-refractivity contribution in [3.8, 4) is 0 Å². The summed E-state index contributed by atoms with van der Waals surface area (Å²) in [6, 6.07) is 4.34. The zero-order chi connectivity index (χ0) is 13.1. The Morgan fingerprint density at radius 2 is 2.11 bits per heavy atom. The van der Waals surface area contributed by atoms with Gasteiger partial charge >= 0.3 is 0 Å². The molecule has 2 fully saturated rings. The molecule has 3 rings (SSSR count). The van der Waals surface area contributed by atoms with Gasteiger partial charge in [-0.3, -0.25) is 9.78 Å². The quantitative estimate of drug-likeness (QED) is 0.880. The molecule has 0 spiro atoms. The van der Waals surface area contributed by atoms with E-state index in [1.54, 1.807) is 0 Å². The van der Waals surface area contributed by atoms with Crippen LogP contribution in [0.4, 0.5) is 0 Å². The van der Waals surface area contributed by atoms with E-state index in [4.69, 9.17) is 0 Å². The van der Waals surface area contributed by atoms with Crippen molar-refractivity contribution in [2.24, 2.45) is 5.92 Å².